The largest absolute Gasteiger partial charge is 0.327 e. The fraction of sp³-hybridized carbons (Fsp3) is 0.167. The molecule has 0 fully saturated rings. The molecular weight excluding hydrogens is 273 g/mol. The van der Waals surface area contributed by atoms with Gasteiger partial charge >= 0.3 is 0 Å². The van der Waals surface area contributed by atoms with Gasteiger partial charge in [-0.2, -0.15) is 0 Å². The van der Waals surface area contributed by atoms with E-state index in [-0.39, 0.29) is 5.82 Å². The number of benzene rings is 1. The quantitative estimate of drug-likeness (QED) is 0.487. The van der Waals surface area contributed by atoms with E-state index in [1.54, 1.807) is 36.2 Å². The van der Waals surface area contributed by atoms with E-state index >= 15 is 0 Å². The lowest BCUT2D eigenvalue weighted by Crippen LogP contribution is -2.13. The van der Waals surface area contributed by atoms with E-state index in [0.717, 1.165) is 0 Å². The molecule has 1 aromatic heterocycles. The molecule has 18 heavy (non-hydrogen) atoms. The summed E-state index contributed by atoms with van der Waals surface area (Å²) in [6.45, 7) is 0. The van der Waals surface area contributed by atoms with Crippen LogP contribution < -0.4 is 4.90 Å². The number of nitrogens with zero attached hydrogens (tertiary/aromatic N) is 3. The average molecular weight is 284 g/mol. The van der Waals surface area contributed by atoms with Gasteiger partial charge in [-0.05, 0) is 18.4 Å². The molecular formula is C12H11ClFN3S. The lowest BCUT2D eigenvalue weighted by Gasteiger charge is -2.19. The van der Waals surface area contributed by atoms with Gasteiger partial charge in [0.15, 0.2) is 5.16 Å². The normalized spacial score (nSPS) is 10.4. The molecule has 0 bridgehead atoms. The van der Waals surface area contributed by atoms with Crippen LogP contribution in [0, 0.1) is 5.82 Å². The third kappa shape index (κ3) is 2.73. The maximum Gasteiger partial charge on any atom is 0.190 e. The van der Waals surface area contributed by atoms with E-state index in [0.29, 0.717) is 21.8 Å². The van der Waals surface area contributed by atoms with Gasteiger partial charge in [0.1, 0.15) is 16.8 Å². The standard InChI is InChI=1S/C12H11ClFN3S/c1-17(9-6-4-3-5-8(9)14)11-7-10(13)15-12(16-11)18-2/h3-7H,1-2H3. The van der Waals surface area contributed by atoms with Crippen LogP contribution in [0.4, 0.5) is 15.9 Å². The summed E-state index contributed by atoms with van der Waals surface area (Å²) in [5.74, 6) is 0.255. The summed E-state index contributed by atoms with van der Waals surface area (Å²) in [6, 6.07) is 8.11. The van der Waals surface area contributed by atoms with Gasteiger partial charge in [0.25, 0.3) is 0 Å². The van der Waals surface area contributed by atoms with Crippen LogP contribution in [-0.2, 0) is 0 Å². The van der Waals surface area contributed by atoms with Gasteiger partial charge in [0, 0.05) is 13.1 Å². The van der Waals surface area contributed by atoms with Gasteiger partial charge in [-0.15, -0.1) is 0 Å². The lowest BCUT2D eigenvalue weighted by molar-refractivity contribution is 0.627. The molecule has 0 saturated carbocycles. The Balaban J connectivity index is 2.43. The molecule has 1 aromatic carbocycles. The Bertz CT molecular complexity index is 565. The zero-order valence-corrected chi connectivity index (χ0v) is 11.5. The Morgan fingerprint density at radius 3 is 2.67 bits per heavy atom. The summed E-state index contributed by atoms with van der Waals surface area (Å²) in [5.41, 5.74) is 0.444. The minimum atomic E-state index is -0.305. The van der Waals surface area contributed by atoms with Crippen LogP contribution in [0.5, 0.6) is 0 Å². The molecule has 6 heteroatoms. The summed E-state index contributed by atoms with van der Waals surface area (Å²) in [7, 11) is 1.74. The number of anilines is 2. The third-order valence-corrected chi connectivity index (χ3v) is 3.14. The Labute approximate surface area is 114 Å². The molecule has 0 amide bonds. The first-order valence-corrected chi connectivity index (χ1v) is 6.79. The highest BCUT2D eigenvalue weighted by Gasteiger charge is 2.12. The smallest absolute Gasteiger partial charge is 0.190 e. The SMILES string of the molecule is CSc1nc(Cl)cc(N(C)c2ccccc2F)n1. The molecule has 2 aromatic rings. The zero-order chi connectivity index (χ0) is 13.1. The lowest BCUT2D eigenvalue weighted by atomic mass is 10.3. The first-order valence-electron chi connectivity index (χ1n) is 5.18. The molecule has 0 aliphatic heterocycles. The Hall–Kier alpha value is -1.33. The fourth-order valence-electron chi connectivity index (χ4n) is 1.50. The topological polar surface area (TPSA) is 29.0 Å². The van der Waals surface area contributed by atoms with Gasteiger partial charge in [-0.25, -0.2) is 14.4 Å². The van der Waals surface area contributed by atoms with E-state index in [2.05, 4.69) is 9.97 Å². The number of rotatable bonds is 3. The van der Waals surface area contributed by atoms with E-state index in [9.17, 15) is 4.39 Å². The monoisotopic (exact) mass is 283 g/mol. The molecule has 3 nitrogen and oxygen atoms in total. The molecule has 2 rings (SSSR count). The predicted molar refractivity (Wildman–Crippen MR) is 73.3 cm³/mol. The van der Waals surface area contributed by atoms with Crippen molar-refractivity contribution in [3.05, 3.63) is 41.3 Å². The molecule has 0 N–H and O–H groups in total. The van der Waals surface area contributed by atoms with Crippen molar-refractivity contribution in [3.63, 3.8) is 0 Å². The minimum Gasteiger partial charge on any atom is -0.327 e. The second-order valence-electron chi connectivity index (χ2n) is 3.55. The van der Waals surface area contributed by atoms with Crippen LogP contribution in [0.1, 0.15) is 0 Å². The fourth-order valence-corrected chi connectivity index (χ4v) is 2.10. The average Bonchev–Trinajstić information content (AvgIpc) is 2.37. The van der Waals surface area contributed by atoms with Gasteiger partial charge in [-0.1, -0.05) is 35.5 Å². The van der Waals surface area contributed by atoms with Crippen molar-refractivity contribution in [1.82, 2.24) is 9.97 Å². The highest BCUT2D eigenvalue weighted by molar-refractivity contribution is 7.98. The van der Waals surface area contributed by atoms with Crippen molar-refractivity contribution in [2.75, 3.05) is 18.2 Å². The van der Waals surface area contributed by atoms with Gasteiger partial charge in [0.2, 0.25) is 0 Å². The van der Waals surface area contributed by atoms with Crippen LogP contribution in [0.2, 0.25) is 5.15 Å². The van der Waals surface area contributed by atoms with Gasteiger partial charge in [0.05, 0.1) is 5.69 Å². The maximum atomic E-state index is 13.7. The van der Waals surface area contributed by atoms with Gasteiger partial charge < -0.3 is 4.90 Å². The van der Waals surface area contributed by atoms with Crippen LogP contribution in [-0.4, -0.2) is 23.3 Å². The summed E-state index contributed by atoms with van der Waals surface area (Å²) >= 11 is 7.30. The Kier molecular flexibility index (Phi) is 4.04. The number of halogens is 2. The molecule has 94 valence electrons. The number of aromatic nitrogens is 2. The molecule has 1 heterocycles. The van der Waals surface area contributed by atoms with Crippen LogP contribution in [0.25, 0.3) is 0 Å². The first-order chi connectivity index (χ1) is 8.61. The maximum absolute atomic E-state index is 13.7. The van der Waals surface area contributed by atoms with Crippen molar-refractivity contribution >= 4 is 34.9 Å². The van der Waals surface area contributed by atoms with Crippen LogP contribution in [0.15, 0.2) is 35.5 Å². The van der Waals surface area contributed by atoms with Crippen LogP contribution >= 0.6 is 23.4 Å². The highest BCUT2D eigenvalue weighted by atomic mass is 35.5. The predicted octanol–water partition coefficient (Wildman–Crippen LogP) is 3.76. The second-order valence-corrected chi connectivity index (χ2v) is 4.71. The number of para-hydroxylation sites is 1. The number of hydrogen-bond donors (Lipinski definition) is 0. The van der Waals surface area contributed by atoms with E-state index in [4.69, 9.17) is 11.6 Å². The molecule has 0 radical (unpaired) electrons. The molecule has 0 aliphatic carbocycles. The Morgan fingerprint density at radius 1 is 1.28 bits per heavy atom. The summed E-state index contributed by atoms with van der Waals surface area (Å²) in [4.78, 5) is 9.99. The summed E-state index contributed by atoms with van der Waals surface area (Å²) in [6.07, 6.45) is 1.86. The van der Waals surface area contributed by atoms with Crippen molar-refractivity contribution in [2.24, 2.45) is 0 Å². The van der Waals surface area contributed by atoms with Crippen molar-refractivity contribution < 1.29 is 4.39 Å². The molecule has 0 aliphatic rings. The number of hydrogen-bond acceptors (Lipinski definition) is 4. The summed E-state index contributed by atoms with van der Waals surface area (Å²) < 4.78 is 13.7. The highest BCUT2D eigenvalue weighted by Crippen LogP contribution is 2.27. The molecule has 0 unspecified atom stereocenters. The summed E-state index contributed by atoms with van der Waals surface area (Å²) in [5, 5.41) is 0.897. The molecule has 0 saturated heterocycles. The zero-order valence-electron chi connectivity index (χ0n) is 9.89. The van der Waals surface area contributed by atoms with Crippen molar-refractivity contribution in [1.29, 1.82) is 0 Å². The molecule has 0 spiro atoms. The molecule has 0 atom stereocenters. The van der Waals surface area contributed by atoms with Crippen molar-refractivity contribution in [3.8, 4) is 0 Å². The van der Waals surface area contributed by atoms with E-state index < -0.39 is 0 Å². The van der Waals surface area contributed by atoms with E-state index in [1.807, 2.05) is 6.26 Å². The third-order valence-electron chi connectivity index (χ3n) is 2.40. The first kappa shape index (κ1) is 13.1. The van der Waals surface area contributed by atoms with E-state index in [1.165, 1.54) is 17.8 Å². The minimum absolute atomic E-state index is 0.305. The number of thioether (sulfide) groups is 1. The van der Waals surface area contributed by atoms with Crippen LogP contribution in [0.3, 0.4) is 0 Å². The second kappa shape index (κ2) is 5.54. The Morgan fingerprint density at radius 2 is 2.00 bits per heavy atom. The van der Waals surface area contributed by atoms with Gasteiger partial charge in [-0.3, -0.25) is 0 Å². The van der Waals surface area contributed by atoms with Crippen molar-refractivity contribution in [2.45, 2.75) is 5.16 Å².